The van der Waals surface area contributed by atoms with Gasteiger partial charge in [0.2, 0.25) is 5.91 Å². The van der Waals surface area contributed by atoms with Gasteiger partial charge in [-0.1, -0.05) is 17.3 Å². The summed E-state index contributed by atoms with van der Waals surface area (Å²) in [6, 6.07) is 7.69. The Bertz CT molecular complexity index is 1030. The van der Waals surface area contributed by atoms with Crippen molar-refractivity contribution in [3.8, 4) is 11.3 Å². The summed E-state index contributed by atoms with van der Waals surface area (Å²) in [5, 5.41) is 7.03. The predicted molar refractivity (Wildman–Crippen MR) is 90.8 cm³/mol. The van der Waals surface area contributed by atoms with E-state index in [1.165, 1.54) is 17.0 Å². The van der Waals surface area contributed by atoms with Gasteiger partial charge in [-0.3, -0.25) is 9.59 Å². The summed E-state index contributed by atoms with van der Waals surface area (Å²) < 4.78 is 19.4. The number of aromatic nitrogens is 2. The molecule has 1 saturated heterocycles. The minimum atomic E-state index is -0.452. The Hall–Kier alpha value is -3.29. The van der Waals surface area contributed by atoms with Crippen LogP contribution in [0.4, 0.5) is 4.39 Å². The van der Waals surface area contributed by atoms with E-state index in [4.69, 9.17) is 4.52 Å². The molecule has 0 aliphatic carbocycles. The molecule has 7 nitrogen and oxygen atoms in total. The highest BCUT2D eigenvalue weighted by atomic mass is 19.1. The molecule has 0 unspecified atom stereocenters. The van der Waals surface area contributed by atoms with E-state index in [2.05, 4.69) is 15.5 Å². The predicted octanol–water partition coefficient (Wildman–Crippen LogP) is 1.91. The zero-order valence-electron chi connectivity index (χ0n) is 14.0. The van der Waals surface area contributed by atoms with Gasteiger partial charge < -0.3 is 14.7 Å². The molecule has 2 aromatic heterocycles. The molecular formula is C18H15FN4O3. The highest BCUT2D eigenvalue weighted by Crippen LogP contribution is 2.29. The van der Waals surface area contributed by atoms with Crippen molar-refractivity contribution in [2.75, 3.05) is 19.6 Å². The standard InChI is InChI=1S/C18H15FN4O3/c1-10-16-12(18(25)23-7-6-20-15(24)9-23)8-14(21-17(16)26-22-10)11-4-2-3-5-13(11)19/h2-5,8H,6-7,9H2,1H3,(H,20,24). The Morgan fingerprint density at radius 3 is 2.92 bits per heavy atom. The normalized spacial score (nSPS) is 14.5. The maximum absolute atomic E-state index is 14.2. The number of aryl methyl sites for hydroxylation is 1. The second-order valence-corrected chi connectivity index (χ2v) is 6.06. The van der Waals surface area contributed by atoms with Crippen molar-refractivity contribution >= 4 is 22.9 Å². The summed E-state index contributed by atoms with van der Waals surface area (Å²) in [6.45, 7) is 2.47. The molecule has 0 atom stereocenters. The highest BCUT2D eigenvalue weighted by molar-refractivity contribution is 6.08. The first kappa shape index (κ1) is 16.2. The van der Waals surface area contributed by atoms with Crippen LogP contribution in [0.25, 0.3) is 22.4 Å². The third-order valence-electron chi connectivity index (χ3n) is 4.32. The molecule has 1 aromatic carbocycles. The number of pyridine rings is 1. The fourth-order valence-corrected chi connectivity index (χ4v) is 3.05. The van der Waals surface area contributed by atoms with Crippen molar-refractivity contribution < 1.29 is 18.5 Å². The first-order valence-electron chi connectivity index (χ1n) is 8.12. The number of hydrogen-bond acceptors (Lipinski definition) is 5. The molecule has 1 N–H and O–H groups in total. The first-order chi connectivity index (χ1) is 12.5. The largest absolute Gasteiger partial charge is 0.353 e. The summed E-state index contributed by atoms with van der Waals surface area (Å²) in [7, 11) is 0. The number of nitrogens with one attached hydrogen (secondary N) is 1. The molecule has 1 fully saturated rings. The van der Waals surface area contributed by atoms with Gasteiger partial charge in [0.25, 0.3) is 11.6 Å². The van der Waals surface area contributed by atoms with Crippen LogP contribution in [0, 0.1) is 12.7 Å². The first-order valence-corrected chi connectivity index (χ1v) is 8.12. The molecule has 3 aromatic rings. The van der Waals surface area contributed by atoms with Gasteiger partial charge in [0, 0.05) is 18.7 Å². The Balaban J connectivity index is 1.87. The van der Waals surface area contributed by atoms with Crippen molar-refractivity contribution in [1.82, 2.24) is 20.4 Å². The molecule has 4 rings (SSSR count). The fraction of sp³-hybridized carbons (Fsp3) is 0.222. The second kappa shape index (κ2) is 6.21. The molecule has 0 bridgehead atoms. The van der Waals surface area contributed by atoms with Crippen molar-refractivity contribution in [1.29, 1.82) is 0 Å². The molecule has 3 heterocycles. The molecular weight excluding hydrogens is 339 g/mol. The summed E-state index contributed by atoms with van der Waals surface area (Å²) in [5.74, 6) is -1.01. The molecule has 26 heavy (non-hydrogen) atoms. The van der Waals surface area contributed by atoms with Crippen LogP contribution in [0.2, 0.25) is 0 Å². The van der Waals surface area contributed by atoms with Crippen molar-refractivity contribution in [2.24, 2.45) is 0 Å². The average Bonchev–Trinajstić information content (AvgIpc) is 3.02. The number of rotatable bonds is 2. The minimum Gasteiger partial charge on any atom is -0.353 e. The molecule has 0 radical (unpaired) electrons. The van der Waals surface area contributed by atoms with Gasteiger partial charge in [-0.2, -0.15) is 0 Å². The van der Waals surface area contributed by atoms with Gasteiger partial charge >= 0.3 is 0 Å². The van der Waals surface area contributed by atoms with E-state index in [1.54, 1.807) is 25.1 Å². The van der Waals surface area contributed by atoms with Crippen LogP contribution in [-0.4, -0.2) is 46.5 Å². The topological polar surface area (TPSA) is 88.3 Å². The molecule has 1 aliphatic heterocycles. The quantitative estimate of drug-likeness (QED) is 0.759. The number of hydrogen-bond donors (Lipinski definition) is 1. The van der Waals surface area contributed by atoms with Gasteiger partial charge in [0.1, 0.15) is 5.82 Å². The number of carbonyl (C=O) groups is 2. The summed E-state index contributed by atoms with van der Waals surface area (Å²) in [6.07, 6.45) is 0. The number of benzene rings is 1. The zero-order chi connectivity index (χ0) is 18.3. The van der Waals surface area contributed by atoms with Crippen LogP contribution in [0.15, 0.2) is 34.9 Å². The van der Waals surface area contributed by atoms with E-state index in [0.29, 0.717) is 29.7 Å². The van der Waals surface area contributed by atoms with Crippen LogP contribution < -0.4 is 5.32 Å². The van der Waals surface area contributed by atoms with E-state index < -0.39 is 5.82 Å². The molecule has 8 heteroatoms. The van der Waals surface area contributed by atoms with Crippen LogP contribution in [-0.2, 0) is 4.79 Å². The molecule has 0 spiro atoms. The van der Waals surface area contributed by atoms with Crippen LogP contribution in [0.1, 0.15) is 16.1 Å². The summed E-state index contributed by atoms with van der Waals surface area (Å²) >= 11 is 0. The van der Waals surface area contributed by atoms with Crippen LogP contribution in [0.5, 0.6) is 0 Å². The van der Waals surface area contributed by atoms with Gasteiger partial charge in [0.15, 0.2) is 0 Å². The number of fused-ring (bicyclic) bond motifs is 1. The van der Waals surface area contributed by atoms with E-state index in [0.717, 1.165) is 0 Å². The SMILES string of the molecule is Cc1noc2nc(-c3ccccc3F)cc(C(=O)N3CCNC(=O)C3)c12. The Kier molecular flexibility index (Phi) is 3.87. The highest BCUT2D eigenvalue weighted by Gasteiger charge is 2.27. The molecule has 0 saturated carbocycles. The van der Waals surface area contributed by atoms with E-state index in [1.807, 2.05) is 0 Å². The van der Waals surface area contributed by atoms with E-state index in [9.17, 15) is 14.0 Å². The van der Waals surface area contributed by atoms with E-state index in [-0.39, 0.29) is 35.3 Å². The molecule has 132 valence electrons. The smallest absolute Gasteiger partial charge is 0.259 e. The Morgan fingerprint density at radius 1 is 1.35 bits per heavy atom. The fourth-order valence-electron chi connectivity index (χ4n) is 3.05. The van der Waals surface area contributed by atoms with Crippen LogP contribution in [0.3, 0.4) is 0 Å². The zero-order valence-corrected chi connectivity index (χ0v) is 14.0. The summed E-state index contributed by atoms with van der Waals surface area (Å²) in [5.41, 5.74) is 1.50. The van der Waals surface area contributed by atoms with Crippen LogP contribution >= 0.6 is 0 Å². The maximum atomic E-state index is 14.2. The van der Waals surface area contributed by atoms with Crippen molar-refractivity contribution in [3.05, 3.63) is 47.4 Å². The maximum Gasteiger partial charge on any atom is 0.259 e. The number of piperazine rings is 1. The molecule has 2 amide bonds. The number of nitrogens with zero attached hydrogens (tertiary/aromatic N) is 3. The Labute approximate surface area is 147 Å². The minimum absolute atomic E-state index is 0.0258. The lowest BCUT2D eigenvalue weighted by Crippen LogP contribution is -2.50. The number of halogens is 1. The van der Waals surface area contributed by atoms with Gasteiger partial charge in [-0.25, -0.2) is 9.37 Å². The van der Waals surface area contributed by atoms with E-state index >= 15 is 0 Å². The average molecular weight is 354 g/mol. The monoisotopic (exact) mass is 354 g/mol. The second-order valence-electron chi connectivity index (χ2n) is 6.06. The summed E-state index contributed by atoms with van der Waals surface area (Å²) in [4.78, 5) is 30.4. The third kappa shape index (κ3) is 2.69. The Morgan fingerprint density at radius 2 is 2.15 bits per heavy atom. The molecule has 1 aliphatic rings. The van der Waals surface area contributed by atoms with Gasteiger partial charge in [-0.05, 0) is 25.1 Å². The number of carbonyl (C=O) groups excluding carboxylic acids is 2. The van der Waals surface area contributed by atoms with Crippen molar-refractivity contribution in [2.45, 2.75) is 6.92 Å². The lowest BCUT2D eigenvalue weighted by atomic mass is 10.0. The lowest BCUT2D eigenvalue weighted by Gasteiger charge is -2.27. The number of amides is 2. The van der Waals surface area contributed by atoms with Gasteiger partial charge in [0.05, 0.1) is 28.9 Å². The van der Waals surface area contributed by atoms with Gasteiger partial charge in [-0.15, -0.1) is 0 Å². The van der Waals surface area contributed by atoms with Crippen molar-refractivity contribution in [3.63, 3.8) is 0 Å². The lowest BCUT2D eigenvalue weighted by molar-refractivity contribution is -0.123. The third-order valence-corrected chi connectivity index (χ3v) is 4.32.